The molecule has 0 amide bonds. The lowest BCUT2D eigenvalue weighted by molar-refractivity contribution is 0.168. The van der Waals surface area contributed by atoms with Gasteiger partial charge in [0.05, 0.1) is 0 Å². The third kappa shape index (κ3) is 3.21. The number of piperidine rings is 1. The van der Waals surface area contributed by atoms with Crippen LogP contribution in [-0.2, 0) is 0 Å². The summed E-state index contributed by atoms with van der Waals surface area (Å²) in [4.78, 5) is 2.59. The largest absolute Gasteiger partial charge is 0.310 e. The maximum Gasteiger partial charge on any atom is 0.0198 e. The summed E-state index contributed by atoms with van der Waals surface area (Å²) in [6, 6.07) is 1.56. The smallest absolute Gasteiger partial charge is 0.0198 e. The third-order valence-corrected chi connectivity index (χ3v) is 4.51. The van der Waals surface area contributed by atoms with Crippen molar-refractivity contribution < 1.29 is 0 Å². The van der Waals surface area contributed by atoms with Crippen molar-refractivity contribution in [1.82, 2.24) is 10.2 Å². The summed E-state index contributed by atoms with van der Waals surface area (Å²) in [5.41, 5.74) is 0. The Hall–Kier alpha value is -0.0800. The van der Waals surface area contributed by atoms with E-state index in [0.717, 1.165) is 18.0 Å². The van der Waals surface area contributed by atoms with Crippen LogP contribution in [0.4, 0.5) is 0 Å². The number of nitrogens with zero attached hydrogens (tertiary/aromatic N) is 1. The zero-order valence-electron chi connectivity index (χ0n) is 11.0. The van der Waals surface area contributed by atoms with Crippen molar-refractivity contribution in [2.75, 3.05) is 19.6 Å². The van der Waals surface area contributed by atoms with Gasteiger partial charge in [-0.25, -0.2) is 0 Å². The summed E-state index contributed by atoms with van der Waals surface area (Å²) in [5.74, 6) is 0.894. The van der Waals surface area contributed by atoms with Crippen LogP contribution in [0.1, 0.15) is 52.4 Å². The van der Waals surface area contributed by atoms with Gasteiger partial charge in [-0.2, -0.15) is 0 Å². The second-order valence-corrected chi connectivity index (χ2v) is 5.77. The number of likely N-dealkylation sites (tertiary alicyclic amines) is 1. The van der Waals surface area contributed by atoms with Crippen molar-refractivity contribution in [3.63, 3.8) is 0 Å². The minimum absolute atomic E-state index is 0.763. The first kappa shape index (κ1) is 12.4. The fourth-order valence-electron chi connectivity index (χ4n) is 3.35. The maximum atomic E-state index is 3.93. The van der Waals surface area contributed by atoms with Gasteiger partial charge in [0.15, 0.2) is 0 Å². The minimum Gasteiger partial charge on any atom is -0.310 e. The fraction of sp³-hybridized carbons (Fsp3) is 1.00. The number of rotatable bonds is 3. The van der Waals surface area contributed by atoms with Crippen LogP contribution < -0.4 is 5.32 Å². The van der Waals surface area contributed by atoms with E-state index in [0.29, 0.717) is 0 Å². The molecule has 2 heteroatoms. The van der Waals surface area contributed by atoms with Crippen molar-refractivity contribution >= 4 is 0 Å². The molecule has 1 saturated carbocycles. The number of hydrogen-bond acceptors (Lipinski definition) is 2. The molecular formula is C14H28N2. The SMILES string of the molecule is CCN1CCCC(NC2CCCCC2C)C1. The lowest BCUT2D eigenvalue weighted by atomic mass is 9.85. The number of nitrogens with one attached hydrogen (secondary N) is 1. The quantitative estimate of drug-likeness (QED) is 0.793. The third-order valence-electron chi connectivity index (χ3n) is 4.51. The van der Waals surface area contributed by atoms with Gasteiger partial charge in [0.25, 0.3) is 0 Å². The van der Waals surface area contributed by atoms with Crippen LogP contribution in [0.2, 0.25) is 0 Å². The van der Waals surface area contributed by atoms with E-state index < -0.39 is 0 Å². The van der Waals surface area contributed by atoms with Crippen molar-refractivity contribution in [2.45, 2.75) is 64.5 Å². The molecule has 1 heterocycles. The van der Waals surface area contributed by atoms with Crippen LogP contribution in [0.5, 0.6) is 0 Å². The van der Waals surface area contributed by atoms with Crippen LogP contribution in [-0.4, -0.2) is 36.6 Å². The van der Waals surface area contributed by atoms with Crippen molar-refractivity contribution in [1.29, 1.82) is 0 Å². The highest BCUT2D eigenvalue weighted by atomic mass is 15.2. The van der Waals surface area contributed by atoms with Gasteiger partial charge in [0.2, 0.25) is 0 Å². The summed E-state index contributed by atoms with van der Waals surface area (Å²) in [6.45, 7) is 8.52. The molecule has 0 aromatic carbocycles. The van der Waals surface area contributed by atoms with E-state index in [-0.39, 0.29) is 0 Å². The Bertz CT molecular complexity index is 205. The zero-order valence-corrected chi connectivity index (χ0v) is 11.0. The van der Waals surface area contributed by atoms with Crippen molar-refractivity contribution in [3.8, 4) is 0 Å². The molecule has 2 fully saturated rings. The first-order valence-electron chi connectivity index (χ1n) is 7.28. The standard InChI is InChI=1S/C14H28N2/c1-3-16-10-6-8-13(11-16)15-14-9-5-4-7-12(14)2/h12-15H,3-11H2,1-2H3. The summed E-state index contributed by atoms with van der Waals surface area (Å²) in [7, 11) is 0. The molecule has 1 saturated heterocycles. The molecule has 0 aromatic heterocycles. The van der Waals surface area contributed by atoms with Gasteiger partial charge in [0.1, 0.15) is 0 Å². The van der Waals surface area contributed by atoms with Gasteiger partial charge in [-0.3, -0.25) is 0 Å². The van der Waals surface area contributed by atoms with Gasteiger partial charge in [0, 0.05) is 18.6 Å². The molecule has 0 spiro atoms. The predicted molar refractivity (Wildman–Crippen MR) is 69.7 cm³/mol. The molecule has 2 nitrogen and oxygen atoms in total. The van der Waals surface area contributed by atoms with Gasteiger partial charge in [-0.15, -0.1) is 0 Å². The zero-order chi connectivity index (χ0) is 11.4. The predicted octanol–water partition coefficient (Wildman–Crippen LogP) is 2.64. The van der Waals surface area contributed by atoms with E-state index in [1.807, 2.05) is 0 Å². The van der Waals surface area contributed by atoms with Gasteiger partial charge in [-0.05, 0) is 44.7 Å². The van der Waals surface area contributed by atoms with E-state index >= 15 is 0 Å². The normalized spacial score (nSPS) is 37.5. The lowest BCUT2D eigenvalue weighted by Crippen LogP contribution is -2.51. The summed E-state index contributed by atoms with van der Waals surface area (Å²) >= 11 is 0. The van der Waals surface area contributed by atoms with Crippen molar-refractivity contribution in [3.05, 3.63) is 0 Å². The van der Waals surface area contributed by atoms with Gasteiger partial charge < -0.3 is 10.2 Å². The van der Waals surface area contributed by atoms with Gasteiger partial charge >= 0.3 is 0 Å². The Morgan fingerprint density at radius 1 is 1.12 bits per heavy atom. The highest BCUT2D eigenvalue weighted by molar-refractivity contribution is 4.85. The first-order chi connectivity index (χ1) is 7.79. The van der Waals surface area contributed by atoms with Gasteiger partial charge in [-0.1, -0.05) is 26.7 Å². The molecule has 3 unspecified atom stereocenters. The molecule has 2 aliphatic rings. The Balaban J connectivity index is 1.79. The molecule has 0 aromatic rings. The van der Waals surface area contributed by atoms with E-state index in [4.69, 9.17) is 0 Å². The number of hydrogen-bond donors (Lipinski definition) is 1. The molecular weight excluding hydrogens is 196 g/mol. The number of likely N-dealkylation sites (N-methyl/N-ethyl adjacent to an activating group) is 1. The monoisotopic (exact) mass is 224 g/mol. The molecule has 2 rings (SSSR count). The van der Waals surface area contributed by atoms with E-state index in [1.165, 1.54) is 58.2 Å². The molecule has 1 aliphatic heterocycles. The highest BCUT2D eigenvalue weighted by Gasteiger charge is 2.26. The topological polar surface area (TPSA) is 15.3 Å². The van der Waals surface area contributed by atoms with Crippen LogP contribution in [0.3, 0.4) is 0 Å². The molecule has 0 bridgehead atoms. The Labute approximate surface area is 101 Å². The Morgan fingerprint density at radius 3 is 2.69 bits per heavy atom. The fourth-order valence-corrected chi connectivity index (χ4v) is 3.35. The summed E-state index contributed by atoms with van der Waals surface area (Å²) in [6.07, 6.45) is 8.50. The molecule has 3 atom stereocenters. The Kier molecular flexibility index (Phi) is 4.66. The van der Waals surface area contributed by atoms with E-state index in [9.17, 15) is 0 Å². The molecule has 1 aliphatic carbocycles. The second-order valence-electron chi connectivity index (χ2n) is 5.77. The average Bonchev–Trinajstić information content (AvgIpc) is 2.32. The highest BCUT2D eigenvalue weighted by Crippen LogP contribution is 2.25. The summed E-state index contributed by atoms with van der Waals surface area (Å²) in [5, 5.41) is 3.93. The van der Waals surface area contributed by atoms with Crippen LogP contribution in [0.25, 0.3) is 0 Å². The van der Waals surface area contributed by atoms with Crippen LogP contribution in [0.15, 0.2) is 0 Å². The van der Waals surface area contributed by atoms with E-state index in [1.54, 1.807) is 0 Å². The lowest BCUT2D eigenvalue weighted by Gasteiger charge is -2.38. The molecule has 16 heavy (non-hydrogen) atoms. The summed E-state index contributed by atoms with van der Waals surface area (Å²) < 4.78 is 0. The average molecular weight is 224 g/mol. The Morgan fingerprint density at radius 2 is 1.94 bits per heavy atom. The van der Waals surface area contributed by atoms with Crippen LogP contribution >= 0.6 is 0 Å². The molecule has 0 radical (unpaired) electrons. The second kappa shape index (κ2) is 6.02. The minimum atomic E-state index is 0.763. The first-order valence-corrected chi connectivity index (χ1v) is 7.28. The van der Waals surface area contributed by atoms with E-state index in [2.05, 4.69) is 24.1 Å². The maximum absolute atomic E-state index is 3.93. The molecule has 1 N–H and O–H groups in total. The van der Waals surface area contributed by atoms with Crippen LogP contribution in [0, 0.1) is 5.92 Å². The van der Waals surface area contributed by atoms with Crippen molar-refractivity contribution in [2.24, 2.45) is 5.92 Å². The molecule has 94 valence electrons.